The summed E-state index contributed by atoms with van der Waals surface area (Å²) in [6.45, 7) is 6.94. The van der Waals surface area contributed by atoms with Gasteiger partial charge >= 0.3 is 5.69 Å². The fourth-order valence-corrected chi connectivity index (χ4v) is 3.71. The summed E-state index contributed by atoms with van der Waals surface area (Å²) in [5.41, 5.74) is 0.479. The summed E-state index contributed by atoms with van der Waals surface area (Å²) in [5.74, 6) is 0.837. The molecule has 0 aliphatic carbocycles. The highest BCUT2D eigenvalue weighted by Gasteiger charge is 2.17. The Morgan fingerprint density at radius 2 is 1.90 bits per heavy atom. The van der Waals surface area contributed by atoms with E-state index in [1.807, 2.05) is 6.07 Å². The number of hydrogen-bond acceptors (Lipinski definition) is 7. The van der Waals surface area contributed by atoms with E-state index in [0.29, 0.717) is 41.1 Å². The van der Waals surface area contributed by atoms with Crippen molar-refractivity contribution in [3.63, 3.8) is 0 Å². The van der Waals surface area contributed by atoms with Crippen LogP contribution < -0.4 is 20.5 Å². The minimum Gasteiger partial charge on any atom is -0.486 e. The topological polar surface area (TPSA) is 99.8 Å². The summed E-state index contributed by atoms with van der Waals surface area (Å²) in [5, 5.41) is 12.0. The maximum Gasteiger partial charge on any atom is 0.367 e. The lowest BCUT2D eigenvalue weighted by atomic mass is 10.2. The zero-order chi connectivity index (χ0) is 20.6. The summed E-state index contributed by atoms with van der Waals surface area (Å²) >= 11 is 1.55. The third kappa shape index (κ3) is 4.37. The van der Waals surface area contributed by atoms with Gasteiger partial charge in [-0.2, -0.15) is 9.61 Å². The second-order valence-corrected chi connectivity index (χ2v) is 9.35. The lowest BCUT2D eigenvalue weighted by Crippen LogP contribution is -2.29. The monoisotopic (exact) mass is 415 g/mol. The predicted octanol–water partition coefficient (Wildman–Crippen LogP) is 2.19. The Balaban J connectivity index is 1.50. The summed E-state index contributed by atoms with van der Waals surface area (Å²) in [6.07, 6.45) is 0. The average molecular weight is 415 g/mol. The summed E-state index contributed by atoms with van der Waals surface area (Å²) < 4.78 is 13.2. The van der Waals surface area contributed by atoms with Crippen LogP contribution >= 0.6 is 11.8 Å². The molecule has 1 N–H and O–H groups in total. The number of carbonyl (C=O) groups excluding carboxylic acids is 1. The van der Waals surface area contributed by atoms with E-state index in [1.165, 1.54) is 4.52 Å². The fraction of sp³-hybridized carbons (Fsp3) is 0.368. The van der Waals surface area contributed by atoms with E-state index in [0.717, 1.165) is 4.68 Å². The average Bonchev–Trinajstić information content (AvgIpc) is 2.95. The van der Waals surface area contributed by atoms with Crippen molar-refractivity contribution in [3.05, 3.63) is 40.8 Å². The Bertz CT molecular complexity index is 1130. The van der Waals surface area contributed by atoms with Gasteiger partial charge in [-0.1, -0.05) is 32.5 Å². The highest BCUT2D eigenvalue weighted by molar-refractivity contribution is 8.00. The molecule has 1 amide bonds. The predicted molar refractivity (Wildman–Crippen MR) is 109 cm³/mol. The van der Waals surface area contributed by atoms with Crippen molar-refractivity contribution in [2.75, 3.05) is 18.5 Å². The third-order valence-electron chi connectivity index (χ3n) is 3.95. The van der Waals surface area contributed by atoms with Gasteiger partial charge in [0, 0.05) is 16.5 Å². The number of carbonyl (C=O) groups is 1. The van der Waals surface area contributed by atoms with E-state index >= 15 is 0 Å². The molecule has 3 aromatic rings. The second-order valence-electron chi connectivity index (χ2n) is 7.50. The fourth-order valence-electron chi connectivity index (χ4n) is 2.82. The molecule has 0 atom stereocenters. The molecular weight excluding hydrogens is 394 g/mol. The molecule has 3 heterocycles. The van der Waals surface area contributed by atoms with Gasteiger partial charge in [0.1, 0.15) is 24.8 Å². The number of ether oxygens (including phenoxy) is 2. The molecule has 0 fully saturated rings. The molecule has 0 saturated heterocycles. The van der Waals surface area contributed by atoms with Crippen molar-refractivity contribution in [2.45, 2.75) is 37.1 Å². The van der Waals surface area contributed by atoms with Crippen LogP contribution in [-0.2, 0) is 11.3 Å². The molecule has 152 valence electrons. The third-order valence-corrected chi connectivity index (χ3v) is 4.99. The normalized spacial score (nSPS) is 13.5. The van der Waals surface area contributed by atoms with Gasteiger partial charge in [-0.25, -0.2) is 9.48 Å². The van der Waals surface area contributed by atoms with Gasteiger partial charge in [0.2, 0.25) is 5.91 Å². The SMILES string of the molecule is CC(C)(C)Sc1ccc2nn(CC(=O)Nc3ccc4c(c3)OCCO4)c(=O)n2n1. The molecule has 0 spiro atoms. The van der Waals surface area contributed by atoms with Crippen LogP contribution in [0.4, 0.5) is 5.69 Å². The molecule has 10 heteroatoms. The van der Waals surface area contributed by atoms with Crippen LogP contribution in [0.25, 0.3) is 5.65 Å². The van der Waals surface area contributed by atoms with Gasteiger partial charge in [0.05, 0.1) is 0 Å². The van der Waals surface area contributed by atoms with E-state index in [9.17, 15) is 9.59 Å². The first-order chi connectivity index (χ1) is 13.8. The van der Waals surface area contributed by atoms with E-state index in [2.05, 4.69) is 36.3 Å². The van der Waals surface area contributed by atoms with E-state index in [1.54, 1.807) is 36.0 Å². The van der Waals surface area contributed by atoms with Crippen molar-refractivity contribution >= 4 is 29.0 Å². The Labute approximate surface area is 171 Å². The Morgan fingerprint density at radius 1 is 1.14 bits per heavy atom. The first-order valence-electron chi connectivity index (χ1n) is 9.14. The minimum atomic E-state index is -0.464. The van der Waals surface area contributed by atoms with Gasteiger partial charge in [-0.05, 0) is 24.3 Å². The number of anilines is 1. The number of nitrogens with one attached hydrogen (secondary N) is 1. The van der Waals surface area contributed by atoms with Gasteiger partial charge < -0.3 is 14.8 Å². The van der Waals surface area contributed by atoms with E-state index < -0.39 is 5.69 Å². The van der Waals surface area contributed by atoms with Gasteiger partial charge in [-0.3, -0.25) is 4.79 Å². The van der Waals surface area contributed by atoms with Crippen LogP contribution in [0, 0.1) is 0 Å². The Kier molecular flexibility index (Phi) is 4.95. The number of aromatic nitrogens is 4. The first kappa shape index (κ1) is 19.3. The molecule has 1 aromatic carbocycles. The quantitative estimate of drug-likeness (QED) is 0.652. The van der Waals surface area contributed by atoms with Crippen LogP contribution in [0.15, 0.2) is 40.2 Å². The number of nitrogens with zero attached hydrogens (tertiary/aromatic N) is 4. The first-order valence-corrected chi connectivity index (χ1v) is 9.96. The van der Waals surface area contributed by atoms with Crippen LogP contribution in [0.5, 0.6) is 11.5 Å². The zero-order valence-electron chi connectivity index (χ0n) is 16.3. The molecule has 0 radical (unpaired) electrons. The lowest BCUT2D eigenvalue weighted by molar-refractivity contribution is -0.117. The standard InChI is InChI=1S/C19H21N5O4S/c1-19(2,3)29-17-7-6-15-21-23(18(26)24(15)22-17)11-16(25)20-12-4-5-13-14(10-12)28-9-8-27-13/h4-7,10H,8-9,11H2,1-3H3,(H,20,25). The molecule has 4 rings (SSSR count). The largest absolute Gasteiger partial charge is 0.486 e. The Morgan fingerprint density at radius 3 is 2.66 bits per heavy atom. The number of rotatable bonds is 4. The number of fused-ring (bicyclic) bond motifs is 2. The molecule has 0 unspecified atom stereocenters. The maximum absolute atomic E-state index is 12.6. The molecule has 29 heavy (non-hydrogen) atoms. The van der Waals surface area contributed by atoms with E-state index in [4.69, 9.17) is 9.47 Å². The van der Waals surface area contributed by atoms with Crippen LogP contribution in [0.1, 0.15) is 20.8 Å². The maximum atomic E-state index is 12.6. The number of hydrogen-bond donors (Lipinski definition) is 1. The van der Waals surface area contributed by atoms with Crippen LogP contribution in [0.2, 0.25) is 0 Å². The molecule has 9 nitrogen and oxygen atoms in total. The van der Waals surface area contributed by atoms with E-state index in [-0.39, 0.29) is 17.2 Å². The smallest absolute Gasteiger partial charge is 0.367 e. The van der Waals surface area contributed by atoms with Gasteiger partial charge in [-0.15, -0.1) is 5.10 Å². The van der Waals surface area contributed by atoms with Crippen molar-refractivity contribution in [1.29, 1.82) is 0 Å². The van der Waals surface area contributed by atoms with Crippen molar-refractivity contribution in [3.8, 4) is 11.5 Å². The summed E-state index contributed by atoms with van der Waals surface area (Å²) in [6, 6.07) is 8.68. The summed E-state index contributed by atoms with van der Waals surface area (Å²) in [7, 11) is 0. The van der Waals surface area contributed by atoms with Gasteiger partial charge in [0.25, 0.3) is 0 Å². The molecule has 1 aliphatic heterocycles. The highest BCUT2D eigenvalue weighted by Crippen LogP contribution is 2.32. The van der Waals surface area contributed by atoms with Crippen molar-refractivity contribution < 1.29 is 14.3 Å². The number of benzene rings is 1. The Hall–Kier alpha value is -3.01. The molecular formula is C19H21N5O4S. The molecule has 0 bridgehead atoms. The molecule has 1 aliphatic rings. The van der Waals surface area contributed by atoms with Crippen molar-refractivity contribution in [1.82, 2.24) is 19.4 Å². The summed E-state index contributed by atoms with van der Waals surface area (Å²) in [4.78, 5) is 25.0. The van der Waals surface area contributed by atoms with Crippen molar-refractivity contribution in [2.24, 2.45) is 0 Å². The number of amides is 1. The molecule has 0 saturated carbocycles. The molecule has 2 aromatic heterocycles. The van der Waals surface area contributed by atoms with Gasteiger partial charge in [0.15, 0.2) is 17.1 Å². The second kappa shape index (κ2) is 7.43. The highest BCUT2D eigenvalue weighted by atomic mass is 32.2. The zero-order valence-corrected chi connectivity index (χ0v) is 17.2. The van der Waals surface area contributed by atoms with Crippen LogP contribution in [-0.4, -0.2) is 43.3 Å². The number of thioether (sulfide) groups is 1. The van der Waals surface area contributed by atoms with Crippen LogP contribution in [0.3, 0.4) is 0 Å². The lowest BCUT2D eigenvalue weighted by Gasteiger charge is -2.18. The minimum absolute atomic E-state index is 0.0379.